The lowest BCUT2D eigenvalue weighted by Gasteiger charge is -2.27. The molecule has 57 heavy (non-hydrogen) atoms. The van der Waals surface area contributed by atoms with Crippen molar-refractivity contribution in [1.82, 2.24) is 29.4 Å². The van der Waals surface area contributed by atoms with Gasteiger partial charge in [-0.05, 0) is 94.2 Å². The van der Waals surface area contributed by atoms with Crippen LogP contribution in [0.1, 0.15) is 93.9 Å². The van der Waals surface area contributed by atoms with Gasteiger partial charge in [-0.25, -0.2) is 0 Å². The Labute approximate surface area is 342 Å². The summed E-state index contributed by atoms with van der Waals surface area (Å²) in [6.45, 7) is 26.8. The van der Waals surface area contributed by atoms with Crippen molar-refractivity contribution in [3.63, 3.8) is 0 Å². The van der Waals surface area contributed by atoms with Crippen molar-refractivity contribution >= 4 is 35.4 Å². The van der Waals surface area contributed by atoms with E-state index in [1.54, 1.807) is 13.8 Å². The first-order valence-corrected chi connectivity index (χ1v) is 20.7. The van der Waals surface area contributed by atoms with E-state index < -0.39 is 17.2 Å². The Morgan fingerprint density at radius 1 is 0.456 bits per heavy atom. The maximum atomic E-state index is 12.3. The average molecular weight is 813 g/mol. The zero-order valence-corrected chi connectivity index (χ0v) is 36.8. The predicted molar refractivity (Wildman–Crippen MR) is 219 cm³/mol. The van der Waals surface area contributed by atoms with E-state index in [0.717, 1.165) is 104 Å². The smallest absolute Gasteiger partial charge is 0.320 e. The van der Waals surface area contributed by atoms with Crippen molar-refractivity contribution in [1.29, 1.82) is 0 Å². The quantitative estimate of drug-likeness (QED) is 0.121. The van der Waals surface area contributed by atoms with Gasteiger partial charge in [-0.1, -0.05) is 0 Å². The molecule has 0 radical (unpaired) electrons. The van der Waals surface area contributed by atoms with E-state index in [1.807, 2.05) is 41.5 Å². The zero-order valence-electron chi connectivity index (χ0n) is 36.8. The Hall–Kier alpha value is -3.02. The number of carboxylic acid groups (broad SMARTS) is 1. The summed E-state index contributed by atoms with van der Waals surface area (Å²) in [6, 6.07) is 0. The molecule has 2 aliphatic rings. The molecule has 0 aromatic heterocycles. The van der Waals surface area contributed by atoms with Crippen LogP contribution in [0.4, 0.5) is 0 Å². The number of unbranched alkanes of at least 4 members (excludes halogenated alkanes) is 2. The van der Waals surface area contributed by atoms with Gasteiger partial charge >= 0.3 is 23.9 Å². The van der Waals surface area contributed by atoms with Gasteiger partial charge in [-0.15, -0.1) is 0 Å². The first-order valence-electron chi connectivity index (χ1n) is 20.7. The minimum absolute atomic E-state index is 0.131. The Morgan fingerprint density at radius 3 is 1.04 bits per heavy atom. The number of hydrogen-bond acceptors (Lipinski definition) is 15. The molecule has 16 heteroatoms. The Bertz CT molecular complexity index is 1240. The first kappa shape index (κ1) is 52.0. The van der Waals surface area contributed by atoms with Crippen LogP contribution in [-0.4, -0.2) is 206 Å². The molecule has 1 N–H and O–H groups in total. The molecule has 0 atom stereocenters. The number of ether oxygens (including phenoxy) is 3. The van der Waals surface area contributed by atoms with Crippen LogP contribution < -0.4 is 0 Å². The van der Waals surface area contributed by atoms with Gasteiger partial charge in [0.1, 0.15) is 22.8 Å². The number of ketones is 2. The summed E-state index contributed by atoms with van der Waals surface area (Å²) < 4.78 is 15.6. The zero-order chi connectivity index (χ0) is 43.0. The highest BCUT2D eigenvalue weighted by Gasteiger charge is 2.24. The molecule has 0 aromatic rings. The van der Waals surface area contributed by atoms with Crippen molar-refractivity contribution in [2.24, 2.45) is 0 Å². The summed E-state index contributed by atoms with van der Waals surface area (Å²) in [4.78, 5) is 82.7. The largest absolute Gasteiger partial charge is 0.481 e. The van der Waals surface area contributed by atoms with Crippen LogP contribution in [-0.2, 0) is 43.0 Å². The van der Waals surface area contributed by atoms with E-state index in [9.17, 15) is 28.8 Å². The molecule has 2 rings (SSSR count). The monoisotopic (exact) mass is 813 g/mol. The highest BCUT2D eigenvalue weighted by Crippen LogP contribution is 2.11. The van der Waals surface area contributed by atoms with Crippen LogP contribution in [0.15, 0.2) is 0 Å². The fraction of sp³-hybridized carbons (Fsp3) is 0.854. The number of carbonyl (C=O) groups excluding carboxylic acids is 5. The molecule has 0 amide bonds. The number of aliphatic carboxylic acids is 1. The van der Waals surface area contributed by atoms with Crippen molar-refractivity contribution in [2.75, 3.05) is 125 Å². The van der Waals surface area contributed by atoms with E-state index in [-0.39, 0.29) is 49.0 Å². The molecular weight excluding hydrogens is 736 g/mol. The normalized spacial score (nSPS) is 18.0. The second-order valence-electron chi connectivity index (χ2n) is 17.2. The standard InChI is InChI=1S/C21H39N3O5.C20H37N3O5/c1-18(25)16-23-12-10-22(9-7-6-8-19(26)28-5)11-13-24(15-14-23)17-20(27)29-21(2,3)4;1-17(24)15-22-11-9-21(8-6-5-7-18(25)26)10-12-23(14-13-22)16-19(27)28-20(2,3)4/h6-17H2,1-5H3;5-16H2,1-4H3,(H,25,26). The Kier molecular flexibility index (Phi) is 25.2. The number of Topliss-reactive ketones (excluding diaryl/α,β-unsaturated/α-hetero) is 2. The maximum absolute atomic E-state index is 12.3. The topological polar surface area (TPSA) is 170 Å². The fourth-order valence-electron chi connectivity index (χ4n) is 6.51. The van der Waals surface area contributed by atoms with Crippen LogP contribution in [0.3, 0.4) is 0 Å². The lowest BCUT2D eigenvalue weighted by atomic mass is 10.2. The molecule has 2 fully saturated rings. The summed E-state index contributed by atoms with van der Waals surface area (Å²) in [5.41, 5.74) is -1.00. The second kappa shape index (κ2) is 27.6. The van der Waals surface area contributed by atoms with Crippen LogP contribution in [0, 0.1) is 0 Å². The Morgan fingerprint density at radius 2 is 0.754 bits per heavy atom. The van der Waals surface area contributed by atoms with Crippen molar-refractivity contribution in [3.8, 4) is 0 Å². The van der Waals surface area contributed by atoms with Crippen molar-refractivity contribution < 1.29 is 48.1 Å². The number of rotatable bonds is 18. The number of esters is 3. The van der Waals surface area contributed by atoms with E-state index in [4.69, 9.17) is 19.3 Å². The molecule has 16 nitrogen and oxygen atoms in total. The van der Waals surface area contributed by atoms with Crippen LogP contribution in [0.2, 0.25) is 0 Å². The first-order chi connectivity index (χ1) is 26.6. The van der Waals surface area contributed by atoms with Gasteiger partial charge in [-0.2, -0.15) is 0 Å². The summed E-state index contributed by atoms with van der Waals surface area (Å²) in [7, 11) is 1.41. The van der Waals surface area contributed by atoms with Crippen LogP contribution >= 0.6 is 0 Å². The molecule has 0 unspecified atom stereocenters. The number of hydrogen-bond donors (Lipinski definition) is 1. The maximum Gasteiger partial charge on any atom is 0.320 e. The molecule has 0 bridgehead atoms. The molecule has 2 aliphatic heterocycles. The van der Waals surface area contributed by atoms with Crippen molar-refractivity contribution in [2.45, 2.75) is 105 Å². The third kappa shape index (κ3) is 28.9. The van der Waals surface area contributed by atoms with E-state index in [0.29, 0.717) is 32.5 Å². The Balaban J connectivity index is 0.000000570. The summed E-state index contributed by atoms with van der Waals surface area (Å²) in [5, 5.41) is 8.78. The summed E-state index contributed by atoms with van der Waals surface area (Å²) >= 11 is 0. The number of methoxy groups -OCH3 is 1. The molecule has 330 valence electrons. The molecule has 0 spiro atoms. The van der Waals surface area contributed by atoms with Crippen LogP contribution in [0.25, 0.3) is 0 Å². The lowest BCUT2D eigenvalue weighted by Crippen LogP contribution is -2.41. The van der Waals surface area contributed by atoms with Gasteiger partial charge in [0.15, 0.2) is 0 Å². The van der Waals surface area contributed by atoms with E-state index in [1.165, 1.54) is 7.11 Å². The summed E-state index contributed by atoms with van der Waals surface area (Å²) in [6.07, 6.45) is 3.81. The predicted octanol–water partition coefficient (Wildman–Crippen LogP) is 2.27. The van der Waals surface area contributed by atoms with Gasteiger partial charge in [0.25, 0.3) is 0 Å². The van der Waals surface area contributed by atoms with E-state index >= 15 is 0 Å². The number of carboxylic acids is 1. The molecule has 2 heterocycles. The highest BCUT2D eigenvalue weighted by molar-refractivity contribution is 5.78. The average Bonchev–Trinajstić information content (AvgIpc) is 3.22. The highest BCUT2D eigenvalue weighted by atomic mass is 16.6. The minimum Gasteiger partial charge on any atom is -0.481 e. The van der Waals surface area contributed by atoms with Crippen molar-refractivity contribution in [3.05, 3.63) is 0 Å². The van der Waals surface area contributed by atoms with Gasteiger partial charge < -0.3 is 29.1 Å². The van der Waals surface area contributed by atoms with Gasteiger partial charge in [0.2, 0.25) is 0 Å². The van der Waals surface area contributed by atoms with Gasteiger partial charge in [0.05, 0.1) is 33.3 Å². The third-order valence-electron chi connectivity index (χ3n) is 9.28. The SMILES string of the molecule is CC(=O)CN1CCN(CCCCC(=O)O)CCN(CC(=O)OC(C)(C)C)CC1.COC(=O)CCCCN1CCN(CC(C)=O)CCN(CC(=O)OC(C)(C)C)CC1. The summed E-state index contributed by atoms with van der Waals surface area (Å²) in [5.74, 6) is -1.12. The molecule has 0 aromatic carbocycles. The lowest BCUT2D eigenvalue weighted by molar-refractivity contribution is -0.157. The second-order valence-corrected chi connectivity index (χ2v) is 17.2. The van der Waals surface area contributed by atoms with Gasteiger partial charge in [0, 0.05) is 91.4 Å². The molecule has 0 aliphatic carbocycles. The molecule has 2 saturated heterocycles. The van der Waals surface area contributed by atoms with Crippen LogP contribution in [0.5, 0.6) is 0 Å². The van der Waals surface area contributed by atoms with E-state index in [2.05, 4.69) is 29.4 Å². The number of carbonyl (C=O) groups is 6. The third-order valence-corrected chi connectivity index (χ3v) is 9.28. The minimum atomic E-state index is -0.763. The molecular formula is C41H76N6O10. The number of nitrogens with zero attached hydrogens (tertiary/aromatic N) is 6. The van der Waals surface area contributed by atoms with Gasteiger partial charge in [-0.3, -0.25) is 48.4 Å². The molecule has 0 saturated carbocycles. The fourth-order valence-corrected chi connectivity index (χ4v) is 6.51.